The molecule has 23 heavy (non-hydrogen) atoms. The molecule has 0 saturated heterocycles. The van der Waals surface area contributed by atoms with E-state index in [0.717, 1.165) is 27.7 Å². The first-order chi connectivity index (χ1) is 11.2. The lowest BCUT2D eigenvalue weighted by molar-refractivity contribution is 0.797. The lowest BCUT2D eigenvalue weighted by atomic mass is 10.1. The van der Waals surface area contributed by atoms with E-state index in [1.807, 2.05) is 30.3 Å². The highest BCUT2D eigenvalue weighted by atomic mass is 16.1. The SMILES string of the molecule is Cc1ccc2nc3c(cc2c1)Cn1c-3nc2ccccc2c1=O. The molecule has 0 aliphatic carbocycles. The van der Waals surface area contributed by atoms with Crippen LogP contribution in [0.25, 0.3) is 33.3 Å². The summed E-state index contributed by atoms with van der Waals surface area (Å²) in [6.07, 6.45) is 0. The van der Waals surface area contributed by atoms with Crippen molar-refractivity contribution < 1.29 is 0 Å². The summed E-state index contributed by atoms with van der Waals surface area (Å²) in [6, 6.07) is 15.8. The van der Waals surface area contributed by atoms with Crippen LogP contribution in [0.15, 0.2) is 53.3 Å². The zero-order chi connectivity index (χ0) is 15.6. The average molecular weight is 299 g/mol. The minimum atomic E-state index is 0.00355. The molecule has 0 saturated carbocycles. The summed E-state index contributed by atoms with van der Waals surface area (Å²) in [7, 11) is 0. The van der Waals surface area contributed by atoms with Crippen LogP contribution < -0.4 is 5.56 Å². The molecular weight excluding hydrogens is 286 g/mol. The molecule has 0 amide bonds. The van der Waals surface area contributed by atoms with Crippen LogP contribution in [-0.2, 0) is 6.54 Å². The maximum absolute atomic E-state index is 12.7. The zero-order valence-electron chi connectivity index (χ0n) is 12.6. The minimum absolute atomic E-state index is 0.00355. The fourth-order valence-electron chi connectivity index (χ4n) is 3.32. The van der Waals surface area contributed by atoms with Crippen molar-refractivity contribution in [3.63, 3.8) is 0 Å². The molecule has 2 aromatic carbocycles. The predicted molar refractivity (Wildman–Crippen MR) is 90.6 cm³/mol. The van der Waals surface area contributed by atoms with Crippen molar-refractivity contribution in [1.29, 1.82) is 0 Å². The number of aryl methyl sites for hydroxylation is 1. The van der Waals surface area contributed by atoms with Gasteiger partial charge in [-0.2, -0.15) is 0 Å². The Balaban J connectivity index is 1.86. The Kier molecular flexibility index (Phi) is 2.32. The van der Waals surface area contributed by atoms with E-state index in [1.54, 1.807) is 4.57 Å². The van der Waals surface area contributed by atoms with Gasteiger partial charge in [0.15, 0.2) is 5.82 Å². The summed E-state index contributed by atoms with van der Waals surface area (Å²) >= 11 is 0. The van der Waals surface area contributed by atoms with Crippen LogP contribution in [0, 0.1) is 6.92 Å². The van der Waals surface area contributed by atoms with Crippen molar-refractivity contribution in [2.45, 2.75) is 13.5 Å². The van der Waals surface area contributed by atoms with Crippen LogP contribution >= 0.6 is 0 Å². The number of hydrogen-bond acceptors (Lipinski definition) is 3. The molecule has 0 spiro atoms. The Morgan fingerprint density at radius 1 is 1.00 bits per heavy atom. The van der Waals surface area contributed by atoms with E-state index in [9.17, 15) is 4.79 Å². The smallest absolute Gasteiger partial charge is 0.262 e. The van der Waals surface area contributed by atoms with Gasteiger partial charge in [-0.1, -0.05) is 23.8 Å². The Morgan fingerprint density at radius 3 is 2.78 bits per heavy atom. The number of hydrogen-bond donors (Lipinski definition) is 0. The molecule has 110 valence electrons. The maximum atomic E-state index is 12.7. The van der Waals surface area contributed by atoms with Gasteiger partial charge < -0.3 is 0 Å². The standard InChI is InChI=1S/C19H13N3O/c1-11-6-7-15-12(8-11)9-13-10-22-18(17(13)20-15)21-16-5-3-2-4-14(16)19(22)23/h2-9H,10H2,1H3. The Labute approximate surface area is 132 Å². The highest BCUT2D eigenvalue weighted by molar-refractivity contribution is 5.85. The third-order valence-electron chi connectivity index (χ3n) is 4.45. The first-order valence-electron chi connectivity index (χ1n) is 7.61. The van der Waals surface area contributed by atoms with Crippen LogP contribution in [-0.4, -0.2) is 14.5 Å². The molecule has 4 nitrogen and oxygen atoms in total. The Hall–Kier alpha value is -3.01. The zero-order valence-corrected chi connectivity index (χ0v) is 12.6. The van der Waals surface area contributed by atoms with Gasteiger partial charge in [0, 0.05) is 10.9 Å². The maximum Gasteiger partial charge on any atom is 0.262 e. The summed E-state index contributed by atoms with van der Waals surface area (Å²) in [6.45, 7) is 2.61. The van der Waals surface area contributed by atoms with Crippen LogP contribution in [0.1, 0.15) is 11.1 Å². The quantitative estimate of drug-likeness (QED) is 0.441. The van der Waals surface area contributed by atoms with Crippen molar-refractivity contribution in [2.24, 2.45) is 0 Å². The monoisotopic (exact) mass is 299 g/mol. The largest absolute Gasteiger partial charge is 0.286 e. The van der Waals surface area contributed by atoms with Gasteiger partial charge in [-0.15, -0.1) is 0 Å². The van der Waals surface area contributed by atoms with Crippen LogP contribution in [0.4, 0.5) is 0 Å². The topological polar surface area (TPSA) is 47.8 Å². The fraction of sp³-hybridized carbons (Fsp3) is 0.105. The Morgan fingerprint density at radius 2 is 1.87 bits per heavy atom. The van der Waals surface area contributed by atoms with Gasteiger partial charge in [0.25, 0.3) is 5.56 Å². The molecule has 0 unspecified atom stereocenters. The van der Waals surface area contributed by atoms with Gasteiger partial charge in [-0.25, -0.2) is 9.97 Å². The molecule has 4 heteroatoms. The van der Waals surface area contributed by atoms with Gasteiger partial charge >= 0.3 is 0 Å². The van der Waals surface area contributed by atoms with Crippen molar-refractivity contribution >= 4 is 21.8 Å². The number of rotatable bonds is 0. The lowest BCUT2D eigenvalue weighted by Gasteiger charge is -2.04. The molecule has 5 rings (SSSR count). The molecular formula is C19H13N3O. The molecule has 1 aliphatic heterocycles. The third-order valence-corrected chi connectivity index (χ3v) is 4.45. The van der Waals surface area contributed by atoms with Gasteiger partial charge in [-0.3, -0.25) is 9.36 Å². The van der Waals surface area contributed by atoms with Crippen molar-refractivity contribution in [1.82, 2.24) is 14.5 Å². The van der Waals surface area contributed by atoms with Gasteiger partial charge in [0.2, 0.25) is 0 Å². The van der Waals surface area contributed by atoms with Crippen molar-refractivity contribution in [3.05, 3.63) is 70.0 Å². The summed E-state index contributed by atoms with van der Waals surface area (Å²) in [5, 5.41) is 1.76. The van der Waals surface area contributed by atoms with Gasteiger partial charge in [0.05, 0.1) is 23.0 Å². The molecule has 0 atom stereocenters. The van der Waals surface area contributed by atoms with Crippen LogP contribution in [0.2, 0.25) is 0 Å². The molecule has 0 fully saturated rings. The molecule has 0 N–H and O–H groups in total. The second kappa shape index (κ2) is 4.26. The number of para-hydroxylation sites is 1. The van der Waals surface area contributed by atoms with E-state index < -0.39 is 0 Å². The van der Waals surface area contributed by atoms with Gasteiger partial charge in [0.1, 0.15) is 5.69 Å². The van der Waals surface area contributed by atoms with E-state index in [1.165, 1.54) is 5.56 Å². The molecule has 0 bridgehead atoms. The van der Waals surface area contributed by atoms with Crippen LogP contribution in [0.5, 0.6) is 0 Å². The number of fused-ring (bicyclic) bond motifs is 5. The molecule has 2 aromatic heterocycles. The van der Waals surface area contributed by atoms with Crippen molar-refractivity contribution in [3.8, 4) is 11.5 Å². The minimum Gasteiger partial charge on any atom is -0.286 e. The summed E-state index contributed by atoms with van der Waals surface area (Å²) < 4.78 is 1.73. The number of aromatic nitrogens is 3. The highest BCUT2D eigenvalue weighted by Crippen LogP contribution is 2.31. The van der Waals surface area contributed by atoms with E-state index in [-0.39, 0.29) is 5.56 Å². The second-order valence-electron chi connectivity index (χ2n) is 6.04. The fourth-order valence-corrected chi connectivity index (χ4v) is 3.32. The average Bonchev–Trinajstić information content (AvgIpc) is 2.91. The van der Waals surface area contributed by atoms with Crippen molar-refractivity contribution in [2.75, 3.05) is 0 Å². The number of benzene rings is 2. The molecule has 4 aromatic rings. The summed E-state index contributed by atoms with van der Waals surface area (Å²) in [5.74, 6) is 0.672. The molecule has 0 radical (unpaired) electrons. The Bertz CT molecular complexity index is 1170. The summed E-state index contributed by atoms with van der Waals surface area (Å²) in [4.78, 5) is 22.2. The predicted octanol–water partition coefficient (Wildman–Crippen LogP) is 3.28. The van der Waals surface area contributed by atoms with Gasteiger partial charge in [-0.05, 0) is 37.3 Å². The first-order valence-corrected chi connectivity index (χ1v) is 7.61. The molecule has 1 aliphatic rings. The highest BCUT2D eigenvalue weighted by Gasteiger charge is 2.24. The van der Waals surface area contributed by atoms with E-state index in [4.69, 9.17) is 4.98 Å². The van der Waals surface area contributed by atoms with E-state index in [0.29, 0.717) is 17.8 Å². The van der Waals surface area contributed by atoms with E-state index >= 15 is 0 Å². The summed E-state index contributed by atoms with van der Waals surface area (Å²) in [5.41, 5.74) is 4.75. The lowest BCUT2D eigenvalue weighted by Crippen LogP contribution is -2.20. The van der Waals surface area contributed by atoms with Crippen LogP contribution in [0.3, 0.4) is 0 Å². The normalized spacial score (nSPS) is 12.6. The first kappa shape index (κ1) is 12.5. The second-order valence-corrected chi connectivity index (χ2v) is 6.04. The molecule has 3 heterocycles. The number of pyridine rings is 1. The third kappa shape index (κ3) is 1.69. The van der Waals surface area contributed by atoms with E-state index in [2.05, 4.69) is 30.1 Å². The number of nitrogens with zero attached hydrogens (tertiary/aromatic N) is 3.